The van der Waals surface area contributed by atoms with Gasteiger partial charge in [0, 0.05) is 17.3 Å². The molecule has 0 aromatic heterocycles. The largest absolute Gasteiger partial charge is 0.478 e. The lowest BCUT2D eigenvalue weighted by Crippen LogP contribution is -2.46. The van der Waals surface area contributed by atoms with Crippen LogP contribution in [0.25, 0.3) is 6.08 Å². The van der Waals surface area contributed by atoms with E-state index in [9.17, 15) is 9.59 Å². The standard InChI is InChI=1S/C16H22N2O3/c1-4-16(3,5-2)18-15(21)17-13-8-6-7-12(11-13)9-10-14(19)20/h6-11H,4-5H2,1-3H3,(H,19,20)(H2,17,18,21)/b10-9+. The van der Waals surface area contributed by atoms with Crippen molar-refractivity contribution in [2.24, 2.45) is 0 Å². The van der Waals surface area contributed by atoms with Gasteiger partial charge in [0.05, 0.1) is 0 Å². The molecule has 0 aliphatic carbocycles. The first kappa shape index (κ1) is 16.8. The minimum Gasteiger partial charge on any atom is -0.478 e. The molecule has 1 rings (SSSR count). The molecule has 0 fully saturated rings. The lowest BCUT2D eigenvalue weighted by atomic mass is 9.96. The number of hydrogen-bond acceptors (Lipinski definition) is 2. The molecule has 5 nitrogen and oxygen atoms in total. The second kappa shape index (κ2) is 7.47. The van der Waals surface area contributed by atoms with Crippen LogP contribution in [0.4, 0.5) is 10.5 Å². The minimum atomic E-state index is -1.01. The van der Waals surface area contributed by atoms with E-state index < -0.39 is 5.97 Å². The lowest BCUT2D eigenvalue weighted by Gasteiger charge is -2.28. The number of rotatable bonds is 6. The summed E-state index contributed by atoms with van der Waals surface area (Å²) in [6.45, 7) is 6.06. The highest BCUT2D eigenvalue weighted by Crippen LogP contribution is 2.15. The zero-order valence-corrected chi connectivity index (χ0v) is 12.6. The van der Waals surface area contributed by atoms with Gasteiger partial charge in [-0.15, -0.1) is 0 Å². The zero-order chi connectivity index (χ0) is 15.9. The van der Waals surface area contributed by atoms with Gasteiger partial charge in [0.2, 0.25) is 0 Å². The predicted molar refractivity (Wildman–Crippen MR) is 84.3 cm³/mol. The number of aliphatic carboxylic acids is 1. The molecule has 0 atom stereocenters. The van der Waals surface area contributed by atoms with Crippen LogP contribution in [0.5, 0.6) is 0 Å². The number of amides is 2. The van der Waals surface area contributed by atoms with Gasteiger partial charge in [-0.3, -0.25) is 0 Å². The monoisotopic (exact) mass is 290 g/mol. The molecule has 0 bridgehead atoms. The summed E-state index contributed by atoms with van der Waals surface area (Å²) in [5.74, 6) is -1.01. The van der Waals surface area contributed by atoms with Gasteiger partial charge >= 0.3 is 12.0 Å². The van der Waals surface area contributed by atoms with Crippen LogP contribution >= 0.6 is 0 Å². The second-order valence-electron chi connectivity index (χ2n) is 5.14. The van der Waals surface area contributed by atoms with Crippen molar-refractivity contribution in [3.05, 3.63) is 35.9 Å². The maximum absolute atomic E-state index is 12.0. The Morgan fingerprint density at radius 3 is 2.52 bits per heavy atom. The van der Waals surface area contributed by atoms with Crippen molar-refractivity contribution in [3.8, 4) is 0 Å². The molecular formula is C16H22N2O3. The van der Waals surface area contributed by atoms with Crippen LogP contribution < -0.4 is 10.6 Å². The summed E-state index contributed by atoms with van der Waals surface area (Å²) >= 11 is 0. The van der Waals surface area contributed by atoms with Gasteiger partial charge in [0.25, 0.3) is 0 Å². The average molecular weight is 290 g/mol. The first-order chi connectivity index (χ1) is 9.88. The molecule has 0 saturated carbocycles. The molecule has 0 aliphatic rings. The Kier molecular flexibility index (Phi) is 5.96. The van der Waals surface area contributed by atoms with Crippen molar-refractivity contribution in [1.29, 1.82) is 0 Å². The summed E-state index contributed by atoms with van der Waals surface area (Å²) in [6, 6.07) is 6.74. The van der Waals surface area contributed by atoms with E-state index in [-0.39, 0.29) is 11.6 Å². The number of anilines is 1. The third-order valence-corrected chi connectivity index (χ3v) is 3.54. The third-order valence-electron chi connectivity index (χ3n) is 3.54. The Morgan fingerprint density at radius 2 is 1.95 bits per heavy atom. The van der Waals surface area contributed by atoms with Gasteiger partial charge in [-0.1, -0.05) is 26.0 Å². The van der Waals surface area contributed by atoms with Gasteiger partial charge in [0.1, 0.15) is 0 Å². The van der Waals surface area contributed by atoms with Gasteiger partial charge in [0.15, 0.2) is 0 Å². The van der Waals surface area contributed by atoms with E-state index in [1.165, 1.54) is 6.08 Å². The summed E-state index contributed by atoms with van der Waals surface area (Å²) in [5, 5.41) is 14.3. The Bertz CT molecular complexity index is 534. The molecule has 1 aromatic carbocycles. The normalized spacial score (nSPS) is 11.4. The van der Waals surface area contributed by atoms with E-state index in [1.54, 1.807) is 24.3 Å². The number of urea groups is 1. The number of carboxylic acids is 1. The molecule has 0 aliphatic heterocycles. The van der Waals surface area contributed by atoms with Crippen molar-refractivity contribution in [2.45, 2.75) is 39.2 Å². The van der Waals surface area contributed by atoms with Crippen LogP contribution in [0.1, 0.15) is 39.2 Å². The number of carbonyl (C=O) groups excluding carboxylic acids is 1. The van der Waals surface area contributed by atoms with E-state index in [0.29, 0.717) is 11.3 Å². The quantitative estimate of drug-likeness (QED) is 0.702. The molecular weight excluding hydrogens is 268 g/mol. The molecule has 114 valence electrons. The fourth-order valence-electron chi connectivity index (χ4n) is 1.75. The number of carboxylic acid groups (broad SMARTS) is 1. The molecule has 3 N–H and O–H groups in total. The first-order valence-corrected chi connectivity index (χ1v) is 6.99. The van der Waals surface area contributed by atoms with Gasteiger partial charge in [-0.2, -0.15) is 0 Å². The molecule has 0 unspecified atom stereocenters. The third kappa shape index (κ3) is 5.69. The van der Waals surface area contributed by atoms with Crippen LogP contribution in [-0.2, 0) is 4.79 Å². The van der Waals surface area contributed by atoms with Crippen molar-refractivity contribution >= 4 is 23.8 Å². The summed E-state index contributed by atoms with van der Waals surface area (Å²) in [5.41, 5.74) is 1.10. The fraction of sp³-hybridized carbons (Fsp3) is 0.375. The molecule has 0 spiro atoms. The number of nitrogens with one attached hydrogen (secondary N) is 2. The smallest absolute Gasteiger partial charge is 0.328 e. The van der Waals surface area contributed by atoms with Gasteiger partial charge in [-0.05, 0) is 43.5 Å². The van der Waals surface area contributed by atoms with Crippen LogP contribution in [0.3, 0.4) is 0 Å². The first-order valence-electron chi connectivity index (χ1n) is 6.99. The number of benzene rings is 1. The van der Waals surface area contributed by atoms with Crippen LogP contribution in [0, 0.1) is 0 Å². The summed E-state index contributed by atoms with van der Waals surface area (Å²) in [7, 11) is 0. The Morgan fingerprint density at radius 1 is 1.29 bits per heavy atom. The second-order valence-corrected chi connectivity index (χ2v) is 5.14. The van der Waals surface area contributed by atoms with E-state index >= 15 is 0 Å². The van der Waals surface area contributed by atoms with E-state index in [0.717, 1.165) is 18.9 Å². The van der Waals surface area contributed by atoms with Crippen LogP contribution in [0.2, 0.25) is 0 Å². The summed E-state index contributed by atoms with van der Waals surface area (Å²) < 4.78 is 0. The van der Waals surface area contributed by atoms with Gasteiger partial charge < -0.3 is 15.7 Å². The van der Waals surface area contributed by atoms with E-state index in [2.05, 4.69) is 10.6 Å². The highest BCUT2D eigenvalue weighted by molar-refractivity contribution is 5.90. The van der Waals surface area contributed by atoms with Gasteiger partial charge in [-0.25, -0.2) is 9.59 Å². The number of hydrogen-bond donors (Lipinski definition) is 3. The highest BCUT2D eigenvalue weighted by Gasteiger charge is 2.21. The minimum absolute atomic E-state index is 0.231. The van der Waals surface area contributed by atoms with Crippen molar-refractivity contribution in [2.75, 3.05) is 5.32 Å². The molecule has 21 heavy (non-hydrogen) atoms. The number of carbonyl (C=O) groups is 2. The predicted octanol–water partition coefficient (Wildman–Crippen LogP) is 3.48. The molecule has 2 amide bonds. The maximum Gasteiger partial charge on any atom is 0.328 e. The lowest BCUT2D eigenvalue weighted by molar-refractivity contribution is -0.131. The maximum atomic E-state index is 12.0. The molecule has 5 heteroatoms. The Labute approximate surface area is 125 Å². The average Bonchev–Trinajstić information content (AvgIpc) is 2.45. The molecule has 0 heterocycles. The molecule has 1 aromatic rings. The fourth-order valence-corrected chi connectivity index (χ4v) is 1.75. The molecule has 0 radical (unpaired) electrons. The summed E-state index contributed by atoms with van der Waals surface area (Å²) in [6.07, 6.45) is 4.23. The van der Waals surface area contributed by atoms with Crippen molar-refractivity contribution < 1.29 is 14.7 Å². The highest BCUT2D eigenvalue weighted by atomic mass is 16.4. The summed E-state index contributed by atoms with van der Waals surface area (Å²) in [4.78, 5) is 22.5. The van der Waals surface area contributed by atoms with Crippen LogP contribution in [0.15, 0.2) is 30.3 Å². The molecule has 0 saturated heterocycles. The SMILES string of the molecule is CCC(C)(CC)NC(=O)Nc1cccc(/C=C/C(=O)O)c1. The van der Waals surface area contributed by atoms with Crippen molar-refractivity contribution in [1.82, 2.24) is 5.32 Å². The zero-order valence-electron chi connectivity index (χ0n) is 12.6. The van der Waals surface area contributed by atoms with E-state index in [1.807, 2.05) is 20.8 Å². The Hall–Kier alpha value is -2.30. The van der Waals surface area contributed by atoms with Crippen LogP contribution in [-0.4, -0.2) is 22.6 Å². The Balaban J connectivity index is 2.73. The van der Waals surface area contributed by atoms with Crippen molar-refractivity contribution in [3.63, 3.8) is 0 Å². The topological polar surface area (TPSA) is 78.4 Å². The van der Waals surface area contributed by atoms with E-state index in [4.69, 9.17) is 5.11 Å².